The zero-order chi connectivity index (χ0) is 20.8. The van der Waals surface area contributed by atoms with E-state index in [4.69, 9.17) is 20.2 Å². The molecule has 0 radical (unpaired) electrons. The number of benzene rings is 2. The van der Waals surface area contributed by atoms with Gasteiger partial charge in [-0.2, -0.15) is 0 Å². The molecule has 7 nitrogen and oxygen atoms in total. The second kappa shape index (κ2) is 9.54. The van der Waals surface area contributed by atoms with Crippen LogP contribution < -0.4 is 15.8 Å². The summed E-state index contributed by atoms with van der Waals surface area (Å²) in [7, 11) is 1.65. The van der Waals surface area contributed by atoms with Gasteiger partial charge in [0.25, 0.3) is 0 Å². The van der Waals surface area contributed by atoms with Crippen LogP contribution >= 0.6 is 0 Å². The van der Waals surface area contributed by atoms with E-state index in [0.717, 1.165) is 33.7 Å². The van der Waals surface area contributed by atoms with Crippen molar-refractivity contribution in [1.29, 1.82) is 0 Å². The molecule has 0 unspecified atom stereocenters. The molecule has 0 saturated heterocycles. The molecule has 3 N–H and O–H groups in total. The van der Waals surface area contributed by atoms with Gasteiger partial charge in [0, 0.05) is 13.2 Å². The summed E-state index contributed by atoms with van der Waals surface area (Å²) in [6, 6.07) is 13.6. The largest absolute Gasteiger partial charge is 0.497 e. The van der Waals surface area contributed by atoms with E-state index < -0.39 is 6.04 Å². The fraction of sp³-hybridized carbons (Fsp3) is 0.364. The van der Waals surface area contributed by atoms with Crippen molar-refractivity contribution in [3.8, 4) is 16.9 Å². The minimum absolute atomic E-state index is 0.202. The van der Waals surface area contributed by atoms with E-state index in [1.54, 1.807) is 14.0 Å². The summed E-state index contributed by atoms with van der Waals surface area (Å²) in [6.07, 6.45) is 0. The van der Waals surface area contributed by atoms with Gasteiger partial charge in [-0.1, -0.05) is 18.2 Å². The van der Waals surface area contributed by atoms with Crippen molar-refractivity contribution in [3.05, 3.63) is 48.3 Å². The van der Waals surface area contributed by atoms with Crippen molar-refractivity contribution in [2.45, 2.75) is 33.0 Å². The van der Waals surface area contributed by atoms with Gasteiger partial charge in [0.05, 0.1) is 37.3 Å². The van der Waals surface area contributed by atoms with E-state index in [1.165, 1.54) is 0 Å². The molecule has 0 aliphatic rings. The number of aromatic nitrogens is 2. The number of carbonyl (C=O) groups excluding carboxylic acids is 1. The Labute approximate surface area is 170 Å². The van der Waals surface area contributed by atoms with Crippen LogP contribution in [0.1, 0.15) is 19.7 Å². The zero-order valence-electron chi connectivity index (χ0n) is 17.1. The molecule has 1 aromatic heterocycles. The van der Waals surface area contributed by atoms with Gasteiger partial charge in [0.2, 0.25) is 5.91 Å². The Morgan fingerprint density at radius 1 is 1.21 bits per heavy atom. The first-order valence-electron chi connectivity index (χ1n) is 9.78. The van der Waals surface area contributed by atoms with Gasteiger partial charge in [-0.05, 0) is 49.2 Å². The molecule has 0 saturated carbocycles. The van der Waals surface area contributed by atoms with Crippen LogP contribution in [0, 0.1) is 0 Å². The van der Waals surface area contributed by atoms with Gasteiger partial charge in [-0.3, -0.25) is 4.79 Å². The highest BCUT2D eigenvalue weighted by Crippen LogP contribution is 2.26. The molecule has 0 spiro atoms. The van der Waals surface area contributed by atoms with Crippen molar-refractivity contribution in [2.24, 2.45) is 5.73 Å². The monoisotopic (exact) mass is 396 g/mol. The molecule has 1 heterocycles. The third kappa shape index (κ3) is 4.93. The number of ether oxygens (including phenoxy) is 2. The molecule has 1 atom stereocenters. The summed E-state index contributed by atoms with van der Waals surface area (Å²) in [5, 5.41) is 2.85. The number of imidazole rings is 1. The summed E-state index contributed by atoms with van der Waals surface area (Å²) in [5.41, 5.74) is 9.69. The van der Waals surface area contributed by atoms with Gasteiger partial charge in [0.1, 0.15) is 11.6 Å². The maximum absolute atomic E-state index is 11.9. The van der Waals surface area contributed by atoms with Crippen molar-refractivity contribution >= 4 is 16.9 Å². The lowest BCUT2D eigenvalue weighted by Crippen LogP contribution is -2.38. The predicted octanol–water partition coefficient (Wildman–Crippen LogP) is 2.71. The van der Waals surface area contributed by atoms with E-state index >= 15 is 0 Å². The minimum Gasteiger partial charge on any atom is -0.497 e. The molecule has 29 heavy (non-hydrogen) atoms. The molecule has 3 aromatic rings. The average molecular weight is 396 g/mol. The van der Waals surface area contributed by atoms with Crippen molar-refractivity contribution in [2.75, 3.05) is 20.3 Å². The molecule has 1 amide bonds. The van der Waals surface area contributed by atoms with Gasteiger partial charge >= 0.3 is 0 Å². The smallest absolute Gasteiger partial charge is 0.237 e. The maximum Gasteiger partial charge on any atom is 0.237 e. The third-order valence-corrected chi connectivity index (χ3v) is 4.75. The number of methoxy groups -OCH3 is 1. The average Bonchev–Trinajstić information content (AvgIpc) is 3.08. The Kier molecular flexibility index (Phi) is 6.85. The lowest BCUT2D eigenvalue weighted by Gasteiger charge is -2.11. The van der Waals surface area contributed by atoms with E-state index in [0.29, 0.717) is 26.3 Å². The molecule has 3 rings (SSSR count). The van der Waals surface area contributed by atoms with Crippen LogP contribution in [-0.4, -0.2) is 41.8 Å². The highest BCUT2D eigenvalue weighted by molar-refractivity contribution is 5.83. The first-order valence-corrected chi connectivity index (χ1v) is 9.78. The standard InChI is InChI=1S/C22H28N4O3/c1-4-29-12-11-26-20-10-7-17(16-5-8-18(28-3)9-6-16)13-19(20)25-21(26)14-24-22(27)15(2)23/h5-10,13,15H,4,11-12,14,23H2,1-3H3,(H,24,27)/t15-/m0/s1. The topological polar surface area (TPSA) is 91.4 Å². The lowest BCUT2D eigenvalue weighted by molar-refractivity contribution is -0.122. The Balaban J connectivity index is 1.92. The van der Waals surface area contributed by atoms with E-state index in [2.05, 4.69) is 28.1 Å². The second-order valence-corrected chi connectivity index (χ2v) is 6.82. The lowest BCUT2D eigenvalue weighted by atomic mass is 10.1. The summed E-state index contributed by atoms with van der Waals surface area (Å²) >= 11 is 0. The summed E-state index contributed by atoms with van der Waals surface area (Å²) in [4.78, 5) is 16.7. The number of nitrogens with one attached hydrogen (secondary N) is 1. The summed E-state index contributed by atoms with van der Waals surface area (Å²) in [6.45, 7) is 5.85. The number of hydrogen-bond donors (Lipinski definition) is 2. The molecule has 0 fully saturated rings. The van der Waals surface area contributed by atoms with Crippen LogP contribution in [0.25, 0.3) is 22.2 Å². The van der Waals surface area contributed by atoms with Crippen LogP contribution in [0.3, 0.4) is 0 Å². The fourth-order valence-electron chi connectivity index (χ4n) is 3.15. The van der Waals surface area contributed by atoms with Gasteiger partial charge in [-0.25, -0.2) is 4.98 Å². The molecule has 7 heteroatoms. The van der Waals surface area contributed by atoms with Crippen molar-refractivity contribution < 1.29 is 14.3 Å². The maximum atomic E-state index is 11.9. The number of amides is 1. The first kappa shape index (κ1) is 20.8. The van der Waals surface area contributed by atoms with Gasteiger partial charge in [-0.15, -0.1) is 0 Å². The van der Waals surface area contributed by atoms with Crippen molar-refractivity contribution in [1.82, 2.24) is 14.9 Å². The number of carbonyl (C=O) groups is 1. The normalized spacial score (nSPS) is 12.1. The predicted molar refractivity (Wildman–Crippen MR) is 114 cm³/mol. The van der Waals surface area contributed by atoms with Crippen LogP contribution in [-0.2, 0) is 22.6 Å². The molecule has 0 aliphatic carbocycles. The fourth-order valence-corrected chi connectivity index (χ4v) is 3.15. The van der Waals surface area contributed by atoms with Gasteiger partial charge < -0.3 is 25.1 Å². The zero-order valence-corrected chi connectivity index (χ0v) is 17.1. The third-order valence-electron chi connectivity index (χ3n) is 4.75. The Morgan fingerprint density at radius 2 is 1.93 bits per heavy atom. The van der Waals surface area contributed by atoms with Crippen LogP contribution in [0.5, 0.6) is 5.75 Å². The number of rotatable bonds is 9. The Morgan fingerprint density at radius 3 is 2.59 bits per heavy atom. The minimum atomic E-state index is -0.557. The summed E-state index contributed by atoms with van der Waals surface area (Å²) < 4.78 is 12.8. The van der Waals surface area contributed by atoms with E-state index in [9.17, 15) is 4.79 Å². The SMILES string of the molecule is CCOCCn1c(CNC(=O)[C@H](C)N)nc2cc(-c3ccc(OC)cc3)ccc21. The Bertz CT molecular complexity index is 964. The molecule has 0 bridgehead atoms. The first-order chi connectivity index (χ1) is 14.0. The molecule has 2 aromatic carbocycles. The number of nitrogens with two attached hydrogens (primary N) is 1. The quantitative estimate of drug-likeness (QED) is 0.543. The second-order valence-electron chi connectivity index (χ2n) is 6.82. The molecule has 154 valence electrons. The number of fused-ring (bicyclic) bond motifs is 1. The van der Waals surface area contributed by atoms with E-state index in [-0.39, 0.29) is 5.91 Å². The number of hydrogen-bond acceptors (Lipinski definition) is 5. The highest BCUT2D eigenvalue weighted by Gasteiger charge is 2.14. The van der Waals surface area contributed by atoms with E-state index in [1.807, 2.05) is 31.2 Å². The molecule has 0 aliphatic heterocycles. The molecular weight excluding hydrogens is 368 g/mol. The van der Waals surface area contributed by atoms with Crippen molar-refractivity contribution in [3.63, 3.8) is 0 Å². The summed E-state index contributed by atoms with van der Waals surface area (Å²) in [5.74, 6) is 1.40. The van der Waals surface area contributed by atoms with Crippen LogP contribution in [0.2, 0.25) is 0 Å². The Hall–Kier alpha value is -2.90. The van der Waals surface area contributed by atoms with Gasteiger partial charge in [0.15, 0.2) is 0 Å². The number of nitrogens with zero attached hydrogens (tertiary/aromatic N) is 2. The van der Waals surface area contributed by atoms with Crippen LogP contribution in [0.4, 0.5) is 0 Å². The molecular formula is C22H28N4O3. The van der Waals surface area contributed by atoms with Crippen LogP contribution in [0.15, 0.2) is 42.5 Å². The highest BCUT2D eigenvalue weighted by atomic mass is 16.5.